The van der Waals surface area contributed by atoms with Crippen LogP contribution in [0.3, 0.4) is 0 Å². The Balaban J connectivity index is 1.65. The molecule has 0 radical (unpaired) electrons. The Hall–Kier alpha value is -2.27. The smallest absolute Gasteiger partial charge is 0.173 e. The van der Waals surface area contributed by atoms with E-state index in [2.05, 4.69) is 60.2 Å². The Kier molecular flexibility index (Phi) is 5.67. The molecule has 138 valence electrons. The van der Waals surface area contributed by atoms with Crippen molar-refractivity contribution in [2.75, 3.05) is 36.9 Å². The summed E-state index contributed by atoms with van der Waals surface area (Å²) in [4.78, 5) is 4.42. The van der Waals surface area contributed by atoms with Gasteiger partial charge in [-0.05, 0) is 62.3 Å². The highest BCUT2D eigenvalue weighted by Gasteiger charge is 2.26. The fraction of sp³-hybridized carbons (Fsp3) is 0.381. The average molecular weight is 370 g/mol. The molecule has 0 spiro atoms. The van der Waals surface area contributed by atoms with Gasteiger partial charge in [0.2, 0.25) is 0 Å². The van der Waals surface area contributed by atoms with E-state index in [0.717, 1.165) is 31.1 Å². The van der Waals surface area contributed by atoms with Gasteiger partial charge in [0, 0.05) is 19.3 Å². The zero-order chi connectivity index (χ0) is 18.7. The van der Waals surface area contributed by atoms with Gasteiger partial charge >= 0.3 is 0 Å². The van der Waals surface area contributed by atoms with Crippen LogP contribution < -0.4 is 15.0 Å². The molecule has 5 heteroatoms. The highest BCUT2D eigenvalue weighted by molar-refractivity contribution is 7.80. The molecule has 0 saturated heterocycles. The molecule has 0 bridgehead atoms. The van der Waals surface area contributed by atoms with E-state index in [1.54, 1.807) is 0 Å². The van der Waals surface area contributed by atoms with Gasteiger partial charge in [0.05, 0.1) is 18.8 Å². The van der Waals surface area contributed by atoms with Gasteiger partial charge in [-0.3, -0.25) is 0 Å². The molecule has 3 rings (SSSR count). The SMILES string of the molecule is CCN1C[C@@H](CN(C)C(=S)Nc2cccc(C)c2C)Oc2ccccc21. The van der Waals surface area contributed by atoms with Crippen molar-refractivity contribution in [2.24, 2.45) is 0 Å². The number of aryl methyl sites for hydroxylation is 1. The lowest BCUT2D eigenvalue weighted by atomic mass is 10.1. The summed E-state index contributed by atoms with van der Waals surface area (Å²) in [5.74, 6) is 0.951. The molecule has 1 atom stereocenters. The molecule has 0 aliphatic carbocycles. The molecule has 0 aromatic heterocycles. The van der Waals surface area contributed by atoms with Crippen LogP contribution in [-0.4, -0.2) is 42.8 Å². The van der Waals surface area contributed by atoms with Gasteiger partial charge in [-0.2, -0.15) is 0 Å². The lowest BCUT2D eigenvalue weighted by Gasteiger charge is -2.37. The van der Waals surface area contributed by atoms with Crippen LogP contribution in [0.25, 0.3) is 0 Å². The van der Waals surface area contributed by atoms with E-state index < -0.39 is 0 Å². The molecule has 26 heavy (non-hydrogen) atoms. The van der Waals surface area contributed by atoms with Crippen LogP contribution in [0.1, 0.15) is 18.1 Å². The molecular weight excluding hydrogens is 342 g/mol. The van der Waals surface area contributed by atoms with Crippen molar-refractivity contribution in [3.63, 3.8) is 0 Å². The summed E-state index contributed by atoms with van der Waals surface area (Å²) in [5.41, 5.74) is 4.71. The molecule has 1 N–H and O–H groups in total. The molecule has 0 saturated carbocycles. The van der Waals surface area contributed by atoms with Gasteiger partial charge in [0.25, 0.3) is 0 Å². The number of nitrogens with one attached hydrogen (secondary N) is 1. The first kappa shape index (κ1) is 18.5. The lowest BCUT2D eigenvalue weighted by Crippen LogP contribution is -2.47. The Morgan fingerprint density at radius 1 is 1.23 bits per heavy atom. The Morgan fingerprint density at radius 2 is 2.00 bits per heavy atom. The third-order valence-corrected chi connectivity index (χ3v) is 5.39. The molecule has 4 nitrogen and oxygen atoms in total. The minimum atomic E-state index is 0.0770. The number of rotatable bonds is 4. The third kappa shape index (κ3) is 3.93. The van der Waals surface area contributed by atoms with Crippen LogP contribution in [-0.2, 0) is 0 Å². The minimum absolute atomic E-state index is 0.0770. The maximum Gasteiger partial charge on any atom is 0.173 e. The second-order valence-electron chi connectivity index (χ2n) is 6.80. The highest BCUT2D eigenvalue weighted by Crippen LogP contribution is 2.32. The molecule has 1 heterocycles. The summed E-state index contributed by atoms with van der Waals surface area (Å²) in [6, 6.07) is 14.5. The molecular formula is C21H27N3OS. The van der Waals surface area contributed by atoms with Gasteiger partial charge in [-0.15, -0.1) is 0 Å². The molecule has 0 amide bonds. The van der Waals surface area contributed by atoms with Crippen molar-refractivity contribution in [2.45, 2.75) is 26.9 Å². The number of thiocarbonyl (C=S) groups is 1. The van der Waals surface area contributed by atoms with Gasteiger partial charge in [0.15, 0.2) is 5.11 Å². The van der Waals surface area contributed by atoms with E-state index in [1.165, 1.54) is 16.8 Å². The minimum Gasteiger partial charge on any atom is -0.485 e. The van der Waals surface area contributed by atoms with Crippen molar-refractivity contribution in [3.05, 3.63) is 53.6 Å². The Morgan fingerprint density at radius 3 is 2.77 bits per heavy atom. The van der Waals surface area contributed by atoms with E-state index in [9.17, 15) is 0 Å². The third-order valence-electron chi connectivity index (χ3n) is 4.98. The average Bonchev–Trinajstić information content (AvgIpc) is 2.64. The molecule has 1 aliphatic heterocycles. The number of fused-ring (bicyclic) bond motifs is 1. The zero-order valence-corrected chi connectivity index (χ0v) is 16.8. The molecule has 0 unspecified atom stereocenters. The maximum absolute atomic E-state index is 6.21. The van der Waals surface area contributed by atoms with Gasteiger partial charge in [-0.1, -0.05) is 24.3 Å². The molecule has 2 aromatic carbocycles. The van der Waals surface area contributed by atoms with Crippen molar-refractivity contribution in [1.82, 2.24) is 4.90 Å². The van der Waals surface area contributed by atoms with E-state index in [0.29, 0.717) is 5.11 Å². The van der Waals surface area contributed by atoms with Crippen molar-refractivity contribution < 1.29 is 4.74 Å². The second kappa shape index (κ2) is 7.96. The van der Waals surface area contributed by atoms with Crippen LogP contribution in [0.5, 0.6) is 5.75 Å². The summed E-state index contributed by atoms with van der Waals surface area (Å²) in [6.07, 6.45) is 0.0770. The van der Waals surface area contributed by atoms with Crippen molar-refractivity contribution in [3.8, 4) is 5.75 Å². The Labute approximate surface area is 161 Å². The molecule has 2 aromatic rings. The fourth-order valence-corrected chi connectivity index (χ4v) is 3.44. The number of benzene rings is 2. The lowest BCUT2D eigenvalue weighted by molar-refractivity contribution is 0.169. The topological polar surface area (TPSA) is 27.7 Å². The first-order chi connectivity index (χ1) is 12.5. The van der Waals surface area contributed by atoms with E-state index in [1.807, 2.05) is 25.2 Å². The standard InChI is InChI=1S/C21H27N3OS/c1-5-24-14-17(25-20-12-7-6-11-19(20)24)13-23(4)21(26)22-18-10-8-9-15(2)16(18)3/h6-12,17H,5,13-14H2,1-4H3,(H,22,26)/t17-/m1/s1. The summed E-state index contributed by atoms with van der Waals surface area (Å²) in [7, 11) is 2.01. The highest BCUT2D eigenvalue weighted by atomic mass is 32.1. The predicted molar refractivity (Wildman–Crippen MR) is 114 cm³/mol. The number of ether oxygens (including phenoxy) is 1. The Bertz CT molecular complexity index is 793. The van der Waals surface area contributed by atoms with Crippen LogP contribution in [0.4, 0.5) is 11.4 Å². The normalized spacial score (nSPS) is 15.8. The number of para-hydroxylation sites is 2. The van der Waals surface area contributed by atoms with E-state index in [4.69, 9.17) is 17.0 Å². The van der Waals surface area contributed by atoms with Crippen LogP contribution in [0.15, 0.2) is 42.5 Å². The van der Waals surface area contributed by atoms with Gasteiger partial charge in [-0.25, -0.2) is 0 Å². The zero-order valence-electron chi connectivity index (χ0n) is 16.0. The van der Waals surface area contributed by atoms with Crippen LogP contribution in [0.2, 0.25) is 0 Å². The summed E-state index contributed by atoms with van der Waals surface area (Å²) < 4.78 is 6.21. The number of anilines is 2. The van der Waals surface area contributed by atoms with E-state index in [-0.39, 0.29) is 6.10 Å². The van der Waals surface area contributed by atoms with Crippen molar-refractivity contribution >= 4 is 28.7 Å². The maximum atomic E-state index is 6.21. The van der Waals surface area contributed by atoms with Gasteiger partial charge in [0.1, 0.15) is 11.9 Å². The van der Waals surface area contributed by atoms with Gasteiger partial charge < -0.3 is 19.9 Å². The molecule has 1 aliphatic rings. The quantitative estimate of drug-likeness (QED) is 0.815. The number of hydrogen-bond donors (Lipinski definition) is 1. The largest absolute Gasteiger partial charge is 0.485 e. The molecule has 0 fully saturated rings. The second-order valence-corrected chi connectivity index (χ2v) is 7.19. The summed E-state index contributed by atoms with van der Waals surface area (Å²) in [5, 5.41) is 4.09. The number of likely N-dealkylation sites (N-methyl/N-ethyl adjacent to an activating group) is 2. The van der Waals surface area contributed by atoms with E-state index >= 15 is 0 Å². The number of nitrogens with zero attached hydrogens (tertiary/aromatic N) is 2. The van der Waals surface area contributed by atoms with Crippen LogP contribution >= 0.6 is 12.2 Å². The van der Waals surface area contributed by atoms with Crippen molar-refractivity contribution in [1.29, 1.82) is 0 Å². The van der Waals surface area contributed by atoms with Crippen LogP contribution in [0, 0.1) is 13.8 Å². The number of hydrogen-bond acceptors (Lipinski definition) is 3. The monoisotopic (exact) mass is 369 g/mol. The fourth-order valence-electron chi connectivity index (χ4n) is 3.26. The predicted octanol–water partition coefficient (Wildman–Crippen LogP) is 4.22. The summed E-state index contributed by atoms with van der Waals surface area (Å²) in [6.45, 7) is 8.97. The summed E-state index contributed by atoms with van der Waals surface area (Å²) >= 11 is 5.61. The first-order valence-electron chi connectivity index (χ1n) is 9.08. The first-order valence-corrected chi connectivity index (χ1v) is 9.49.